The lowest BCUT2D eigenvalue weighted by atomic mass is 10.0. The van der Waals surface area contributed by atoms with E-state index in [0.29, 0.717) is 5.82 Å². The highest BCUT2D eigenvalue weighted by atomic mass is 16.6. The lowest BCUT2D eigenvalue weighted by Gasteiger charge is -2.33. The Morgan fingerprint density at radius 2 is 2.17 bits per heavy atom. The van der Waals surface area contributed by atoms with Crippen molar-refractivity contribution in [2.45, 2.75) is 25.4 Å². The summed E-state index contributed by atoms with van der Waals surface area (Å²) in [4.78, 5) is 16.9. The average molecular weight is 315 g/mol. The van der Waals surface area contributed by atoms with Crippen molar-refractivity contribution in [2.75, 3.05) is 18.4 Å². The van der Waals surface area contributed by atoms with Gasteiger partial charge in [-0.15, -0.1) is 0 Å². The number of nitrogens with zero attached hydrogens (tertiary/aromatic N) is 4. The molecule has 2 heterocycles. The topological polar surface area (TPSA) is 76.2 Å². The molecule has 1 fully saturated rings. The smallest absolute Gasteiger partial charge is 0.360 e. The van der Waals surface area contributed by atoms with Gasteiger partial charge in [0.05, 0.1) is 0 Å². The standard InChI is InChI=1S/C16H21N5O2/c1-19-12-17-15(21(22)23)16(19)18-14-8-5-9-20(11-14)10-13-6-3-2-4-7-13/h2-4,6-7,12,14,18H,5,8-11H2,1H3/t14-/m0/s1. The normalized spacial score (nSPS) is 18.7. The van der Waals surface area contributed by atoms with Crippen LogP contribution >= 0.6 is 0 Å². The molecule has 0 saturated carbocycles. The van der Waals surface area contributed by atoms with Crippen molar-refractivity contribution in [3.63, 3.8) is 0 Å². The van der Waals surface area contributed by atoms with Gasteiger partial charge >= 0.3 is 5.82 Å². The van der Waals surface area contributed by atoms with E-state index in [1.807, 2.05) is 18.2 Å². The molecule has 7 heteroatoms. The second-order valence-corrected chi connectivity index (χ2v) is 5.99. The number of nitro groups is 1. The number of imidazole rings is 1. The maximum Gasteiger partial charge on any atom is 0.406 e. The summed E-state index contributed by atoms with van der Waals surface area (Å²) in [6, 6.07) is 10.6. The number of benzene rings is 1. The molecule has 0 bridgehead atoms. The molecule has 1 atom stereocenters. The summed E-state index contributed by atoms with van der Waals surface area (Å²) in [6.07, 6.45) is 3.56. The van der Waals surface area contributed by atoms with Gasteiger partial charge in [0, 0.05) is 26.2 Å². The molecule has 0 unspecified atom stereocenters. The minimum Gasteiger partial charge on any atom is -0.360 e. The first kappa shape index (κ1) is 15.5. The molecular weight excluding hydrogens is 294 g/mol. The van der Waals surface area contributed by atoms with Crippen LogP contribution in [0, 0.1) is 10.1 Å². The Hall–Kier alpha value is -2.41. The van der Waals surface area contributed by atoms with E-state index in [-0.39, 0.29) is 11.9 Å². The molecule has 1 aromatic carbocycles. The molecular formula is C16H21N5O2. The van der Waals surface area contributed by atoms with Gasteiger partial charge < -0.3 is 15.4 Å². The third kappa shape index (κ3) is 3.68. The Labute approximate surface area is 135 Å². The highest BCUT2D eigenvalue weighted by Crippen LogP contribution is 2.24. The van der Waals surface area contributed by atoms with E-state index >= 15 is 0 Å². The Kier molecular flexibility index (Phi) is 4.57. The summed E-state index contributed by atoms with van der Waals surface area (Å²) in [5.41, 5.74) is 1.29. The first-order valence-electron chi connectivity index (χ1n) is 7.82. The minimum atomic E-state index is -0.438. The van der Waals surface area contributed by atoms with Crippen molar-refractivity contribution in [3.05, 3.63) is 52.3 Å². The Morgan fingerprint density at radius 1 is 1.39 bits per heavy atom. The molecule has 2 aromatic rings. The number of nitrogens with one attached hydrogen (secondary N) is 1. The third-order valence-corrected chi connectivity index (χ3v) is 4.19. The molecule has 1 aliphatic heterocycles. The van der Waals surface area contributed by atoms with Crippen LogP contribution in [0.15, 0.2) is 36.7 Å². The van der Waals surface area contributed by atoms with Crippen molar-refractivity contribution >= 4 is 11.6 Å². The first-order chi connectivity index (χ1) is 11.1. The molecule has 1 aromatic heterocycles. The van der Waals surface area contributed by atoms with Crippen LogP contribution in [0.1, 0.15) is 18.4 Å². The zero-order valence-electron chi connectivity index (χ0n) is 13.2. The van der Waals surface area contributed by atoms with Crippen LogP contribution in [0.2, 0.25) is 0 Å². The summed E-state index contributed by atoms with van der Waals surface area (Å²) in [6.45, 7) is 2.84. The van der Waals surface area contributed by atoms with Crippen molar-refractivity contribution < 1.29 is 4.92 Å². The maximum atomic E-state index is 11.1. The van der Waals surface area contributed by atoms with E-state index in [1.165, 1.54) is 11.9 Å². The van der Waals surface area contributed by atoms with Gasteiger partial charge in [0.1, 0.15) is 0 Å². The predicted molar refractivity (Wildman–Crippen MR) is 88.2 cm³/mol. The number of aryl methyl sites for hydroxylation is 1. The molecule has 1 N–H and O–H groups in total. The molecule has 0 aliphatic carbocycles. The van der Waals surface area contributed by atoms with Crippen molar-refractivity contribution in [1.29, 1.82) is 0 Å². The SMILES string of the molecule is Cn1cnc([N+](=O)[O-])c1N[C@H]1CCCN(Cc2ccccc2)C1. The third-order valence-electron chi connectivity index (χ3n) is 4.19. The first-order valence-corrected chi connectivity index (χ1v) is 7.82. The van der Waals surface area contributed by atoms with Crippen LogP contribution < -0.4 is 5.32 Å². The minimum absolute atomic E-state index is 0.104. The lowest BCUT2D eigenvalue weighted by Crippen LogP contribution is -2.42. The number of hydrogen-bond acceptors (Lipinski definition) is 5. The predicted octanol–water partition coefficient (Wildman–Crippen LogP) is 2.40. The van der Waals surface area contributed by atoms with Gasteiger partial charge in [-0.2, -0.15) is 0 Å². The Morgan fingerprint density at radius 3 is 2.91 bits per heavy atom. The number of hydrogen-bond donors (Lipinski definition) is 1. The maximum absolute atomic E-state index is 11.1. The van der Waals surface area contributed by atoms with Crippen LogP contribution in [0.4, 0.5) is 11.6 Å². The second kappa shape index (κ2) is 6.78. The Balaban J connectivity index is 1.65. The van der Waals surface area contributed by atoms with E-state index < -0.39 is 4.92 Å². The molecule has 7 nitrogen and oxygen atoms in total. The van der Waals surface area contributed by atoms with Crippen LogP contribution in [0.25, 0.3) is 0 Å². The lowest BCUT2D eigenvalue weighted by molar-refractivity contribution is -0.388. The summed E-state index contributed by atoms with van der Waals surface area (Å²) < 4.78 is 1.67. The molecule has 3 rings (SSSR count). The number of likely N-dealkylation sites (tertiary alicyclic amines) is 1. The zero-order valence-corrected chi connectivity index (χ0v) is 13.2. The molecule has 23 heavy (non-hydrogen) atoms. The van der Waals surface area contributed by atoms with Crippen LogP contribution in [0.3, 0.4) is 0 Å². The van der Waals surface area contributed by atoms with Gasteiger partial charge in [0.2, 0.25) is 12.1 Å². The Bertz CT molecular complexity index is 670. The van der Waals surface area contributed by atoms with Gasteiger partial charge in [0.25, 0.3) is 0 Å². The summed E-state index contributed by atoms with van der Waals surface area (Å²) in [5.74, 6) is 0.384. The fourth-order valence-electron chi connectivity index (χ4n) is 3.07. The largest absolute Gasteiger partial charge is 0.406 e. The van der Waals surface area contributed by atoms with E-state index in [1.54, 1.807) is 11.6 Å². The monoisotopic (exact) mass is 315 g/mol. The van der Waals surface area contributed by atoms with Crippen molar-refractivity contribution in [2.24, 2.45) is 7.05 Å². The summed E-state index contributed by atoms with van der Waals surface area (Å²) in [5, 5.41) is 14.4. The number of aromatic nitrogens is 2. The number of piperidine rings is 1. The van der Waals surface area contributed by atoms with Gasteiger partial charge in [-0.25, -0.2) is 0 Å². The van der Waals surface area contributed by atoms with Crippen LogP contribution in [0.5, 0.6) is 0 Å². The highest BCUT2D eigenvalue weighted by molar-refractivity contribution is 5.52. The number of rotatable bonds is 5. The van der Waals surface area contributed by atoms with E-state index in [2.05, 4.69) is 27.3 Å². The van der Waals surface area contributed by atoms with Crippen LogP contribution in [-0.4, -0.2) is 38.5 Å². The van der Waals surface area contributed by atoms with Gasteiger partial charge in [-0.1, -0.05) is 30.3 Å². The molecule has 0 amide bonds. The second-order valence-electron chi connectivity index (χ2n) is 5.99. The highest BCUT2D eigenvalue weighted by Gasteiger charge is 2.26. The van der Waals surface area contributed by atoms with E-state index in [9.17, 15) is 10.1 Å². The number of anilines is 1. The van der Waals surface area contributed by atoms with Gasteiger partial charge in [0.15, 0.2) is 0 Å². The van der Waals surface area contributed by atoms with Crippen molar-refractivity contribution in [1.82, 2.24) is 14.5 Å². The van der Waals surface area contributed by atoms with Gasteiger partial charge in [-0.05, 0) is 34.9 Å². The zero-order chi connectivity index (χ0) is 16.2. The molecule has 0 radical (unpaired) electrons. The van der Waals surface area contributed by atoms with E-state index in [0.717, 1.165) is 32.5 Å². The molecule has 1 aliphatic rings. The summed E-state index contributed by atoms with van der Waals surface area (Å²) in [7, 11) is 1.77. The molecule has 0 spiro atoms. The molecule has 1 saturated heterocycles. The molecule has 122 valence electrons. The summed E-state index contributed by atoms with van der Waals surface area (Å²) >= 11 is 0. The van der Waals surface area contributed by atoms with Gasteiger partial charge in [-0.3, -0.25) is 9.47 Å². The fourth-order valence-corrected chi connectivity index (χ4v) is 3.07. The quantitative estimate of drug-likeness (QED) is 0.677. The van der Waals surface area contributed by atoms with E-state index in [4.69, 9.17) is 0 Å². The fraction of sp³-hybridized carbons (Fsp3) is 0.438. The van der Waals surface area contributed by atoms with Crippen LogP contribution in [-0.2, 0) is 13.6 Å². The average Bonchev–Trinajstić information content (AvgIpc) is 2.90. The van der Waals surface area contributed by atoms with Crippen molar-refractivity contribution in [3.8, 4) is 0 Å².